The SMILES string of the molecule is COC(C)(C(=O)NCc1n[nH]c(=S)n1C(C)C)c1ccccc1. The van der Waals surface area contributed by atoms with Gasteiger partial charge >= 0.3 is 0 Å². The van der Waals surface area contributed by atoms with E-state index in [1.165, 1.54) is 7.11 Å². The van der Waals surface area contributed by atoms with Crippen LogP contribution in [0.2, 0.25) is 0 Å². The number of ether oxygens (including phenoxy) is 1. The van der Waals surface area contributed by atoms with Gasteiger partial charge in [-0.15, -0.1) is 0 Å². The van der Waals surface area contributed by atoms with Gasteiger partial charge in [-0.25, -0.2) is 0 Å². The monoisotopic (exact) mass is 334 g/mol. The Balaban J connectivity index is 2.17. The molecule has 6 nitrogen and oxygen atoms in total. The molecule has 0 aliphatic rings. The zero-order chi connectivity index (χ0) is 17.0. The summed E-state index contributed by atoms with van der Waals surface area (Å²) in [6, 6.07) is 9.56. The fraction of sp³-hybridized carbons (Fsp3) is 0.438. The number of rotatable bonds is 6. The molecular formula is C16H22N4O2S. The van der Waals surface area contributed by atoms with E-state index in [0.29, 0.717) is 10.6 Å². The first-order chi connectivity index (χ1) is 10.9. The number of carbonyl (C=O) groups is 1. The maximum Gasteiger partial charge on any atom is 0.256 e. The molecule has 1 atom stereocenters. The third-order valence-corrected chi connectivity index (χ3v) is 4.16. The predicted octanol–water partition coefficient (Wildman–Crippen LogP) is 2.70. The molecule has 1 unspecified atom stereocenters. The summed E-state index contributed by atoms with van der Waals surface area (Å²) in [6.07, 6.45) is 0. The Kier molecular flexibility index (Phi) is 5.33. The molecule has 0 aliphatic heterocycles. The lowest BCUT2D eigenvalue weighted by Gasteiger charge is -2.27. The zero-order valence-corrected chi connectivity index (χ0v) is 14.6. The van der Waals surface area contributed by atoms with Crippen molar-refractivity contribution in [3.63, 3.8) is 0 Å². The molecule has 1 amide bonds. The summed E-state index contributed by atoms with van der Waals surface area (Å²) in [5, 5.41) is 9.82. The van der Waals surface area contributed by atoms with Crippen LogP contribution in [0, 0.1) is 4.77 Å². The van der Waals surface area contributed by atoms with Crippen molar-refractivity contribution in [1.29, 1.82) is 0 Å². The molecule has 0 radical (unpaired) electrons. The number of amides is 1. The van der Waals surface area contributed by atoms with E-state index < -0.39 is 5.60 Å². The Bertz CT molecular complexity index is 723. The molecule has 0 saturated heterocycles. The average Bonchev–Trinajstić information content (AvgIpc) is 2.93. The highest BCUT2D eigenvalue weighted by atomic mass is 32.1. The van der Waals surface area contributed by atoms with Gasteiger partial charge in [0.2, 0.25) is 0 Å². The Labute approximate surface area is 140 Å². The lowest BCUT2D eigenvalue weighted by atomic mass is 9.95. The van der Waals surface area contributed by atoms with Crippen LogP contribution in [0.3, 0.4) is 0 Å². The summed E-state index contributed by atoms with van der Waals surface area (Å²) >= 11 is 5.21. The maximum atomic E-state index is 12.6. The Morgan fingerprint density at radius 1 is 1.43 bits per heavy atom. The van der Waals surface area contributed by atoms with Crippen LogP contribution in [0.1, 0.15) is 38.2 Å². The molecule has 124 valence electrons. The molecule has 1 aromatic heterocycles. The van der Waals surface area contributed by atoms with Crippen LogP contribution < -0.4 is 5.32 Å². The molecule has 1 heterocycles. The molecule has 7 heteroatoms. The van der Waals surface area contributed by atoms with Crippen molar-refractivity contribution in [1.82, 2.24) is 20.1 Å². The standard InChI is InChI=1S/C16H22N4O2S/c1-11(2)20-13(18-19-15(20)23)10-17-14(21)16(3,22-4)12-8-6-5-7-9-12/h5-9,11H,10H2,1-4H3,(H,17,21)(H,19,23). The number of carbonyl (C=O) groups excluding carboxylic acids is 1. The van der Waals surface area contributed by atoms with Crippen molar-refractivity contribution >= 4 is 18.1 Å². The quantitative estimate of drug-likeness (QED) is 0.797. The van der Waals surface area contributed by atoms with Crippen LogP contribution in [0.25, 0.3) is 0 Å². The van der Waals surface area contributed by atoms with Gasteiger partial charge in [-0.05, 0) is 38.6 Å². The number of H-pyrrole nitrogens is 1. The number of nitrogens with zero attached hydrogens (tertiary/aromatic N) is 2. The summed E-state index contributed by atoms with van der Waals surface area (Å²) in [7, 11) is 1.52. The summed E-state index contributed by atoms with van der Waals surface area (Å²) in [4.78, 5) is 12.6. The second-order valence-electron chi connectivity index (χ2n) is 5.69. The first-order valence-corrected chi connectivity index (χ1v) is 7.85. The molecule has 0 saturated carbocycles. The Morgan fingerprint density at radius 3 is 2.65 bits per heavy atom. The first kappa shape index (κ1) is 17.4. The summed E-state index contributed by atoms with van der Waals surface area (Å²) < 4.78 is 7.91. The van der Waals surface area contributed by atoms with Gasteiger partial charge < -0.3 is 14.6 Å². The van der Waals surface area contributed by atoms with Crippen molar-refractivity contribution < 1.29 is 9.53 Å². The van der Waals surface area contributed by atoms with E-state index in [2.05, 4.69) is 15.5 Å². The highest BCUT2D eigenvalue weighted by molar-refractivity contribution is 7.71. The van der Waals surface area contributed by atoms with E-state index in [9.17, 15) is 4.79 Å². The number of hydrogen-bond acceptors (Lipinski definition) is 4. The van der Waals surface area contributed by atoms with Gasteiger partial charge in [-0.1, -0.05) is 30.3 Å². The van der Waals surface area contributed by atoms with Crippen LogP contribution in [-0.4, -0.2) is 27.8 Å². The predicted molar refractivity (Wildman–Crippen MR) is 90.4 cm³/mol. The Hall–Kier alpha value is -1.99. The highest BCUT2D eigenvalue weighted by Crippen LogP contribution is 2.24. The number of methoxy groups -OCH3 is 1. The first-order valence-electron chi connectivity index (χ1n) is 7.45. The molecule has 2 rings (SSSR count). The van der Waals surface area contributed by atoms with Crippen LogP contribution in [0.5, 0.6) is 0 Å². The molecule has 1 aromatic carbocycles. The van der Waals surface area contributed by atoms with Crippen LogP contribution in [0.4, 0.5) is 0 Å². The molecular weight excluding hydrogens is 312 g/mol. The van der Waals surface area contributed by atoms with Gasteiger partial charge in [0.15, 0.2) is 16.2 Å². The highest BCUT2D eigenvalue weighted by Gasteiger charge is 2.35. The summed E-state index contributed by atoms with van der Waals surface area (Å²) in [5.41, 5.74) is -0.264. The van der Waals surface area contributed by atoms with Crippen molar-refractivity contribution in [2.45, 2.75) is 39.0 Å². The van der Waals surface area contributed by atoms with Crippen molar-refractivity contribution in [2.24, 2.45) is 0 Å². The van der Waals surface area contributed by atoms with Gasteiger partial charge in [0.05, 0.1) is 6.54 Å². The third-order valence-electron chi connectivity index (χ3n) is 3.87. The van der Waals surface area contributed by atoms with E-state index in [4.69, 9.17) is 17.0 Å². The molecule has 0 aliphatic carbocycles. The van der Waals surface area contributed by atoms with Gasteiger partial charge in [0, 0.05) is 13.2 Å². The van der Waals surface area contributed by atoms with E-state index in [-0.39, 0.29) is 18.5 Å². The number of benzene rings is 1. The molecule has 23 heavy (non-hydrogen) atoms. The molecule has 0 fully saturated rings. The second kappa shape index (κ2) is 7.06. The van der Waals surface area contributed by atoms with Crippen LogP contribution >= 0.6 is 12.2 Å². The van der Waals surface area contributed by atoms with E-state index in [1.807, 2.05) is 48.7 Å². The third kappa shape index (κ3) is 3.51. The fourth-order valence-corrected chi connectivity index (χ4v) is 2.78. The minimum atomic E-state index is -1.06. The second-order valence-corrected chi connectivity index (χ2v) is 6.08. The summed E-state index contributed by atoms with van der Waals surface area (Å²) in [5.74, 6) is 0.459. The van der Waals surface area contributed by atoms with Gasteiger partial charge in [0.1, 0.15) is 0 Å². The lowest BCUT2D eigenvalue weighted by Crippen LogP contribution is -2.43. The normalized spacial score (nSPS) is 13.8. The number of hydrogen-bond donors (Lipinski definition) is 2. The topological polar surface area (TPSA) is 71.9 Å². The average molecular weight is 334 g/mol. The van der Waals surface area contributed by atoms with E-state index in [1.54, 1.807) is 6.92 Å². The van der Waals surface area contributed by atoms with Crippen LogP contribution in [0.15, 0.2) is 30.3 Å². The Morgan fingerprint density at radius 2 is 2.09 bits per heavy atom. The largest absolute Gasteiger partial charge is 0.364 e. The number of aromatic amines is 1. The van der Waals surface area contributed by atoms with Gasteiger partial charge in [-0.2, -0.15) is 5.10 Å². The molecule has 0 spiro atoms. The zero-order valence-electron chi connectivity index (χ0n) is 13.8. The minimum absolute atomic E-state index is 0.163. The van der Waals surface area contributed by atoms with Crippen molar-refractivity contribution in [3.8, 4) is 0 Å². The summed E-state index contributed by atoms with van der Waals surface area (Å²) in [6.45, 7) is 6.05. The van der Waals surface area contributed by atoms with Crippen LogP contribution in [-0.2, 0) is 21.7 Å². The van der Waals surface area contributed by atoms with E-state index in [0.717, 1.165) is 5.56 Å². The van der Waals surface area contributed by atoms with E-state index >= 15 is 0 Å². The van der Waals surface area contributed by atoms with Gasteiger partial charge in [-0.3, -0.25) is 9.89 Å². The molecule has 2 aromatic rings. The lowest BCUT2D eigenvalue weighted by molar-refractivity contribution is -0.142. The molecule has 0 bridgehead atoms. The smallest absolute Gasteiger partial charge is 0.256 e. The molecule has 2 N–H and O–H groups in total. The number of aromatic nitrogens is 3. The van der Waals surface area contributed by atoms with Crippen molar-refractivity contribution in [3.05, 3.63) is 46.5 Å². The van der Waals surface area contributed by atoms with Crippen molar-refractivity contribution in [2.75, 3.05) is 7.11 Å². The maximum absolute atomic E-state index is 12.6. The fourth-order valence-electron chi connectivity index (χ4n) is 2.42. The minimum Gasteiger partial charge on any atom is -0.364 e. The van der Waals surface area contributed by atoms with Gasteiger partial charge in [0.25, 0.3) is 5.91 Å². The number of nitrogens with one attached hydrogen (secondary N) is 2.